The molecule has 4 nitrogen and oxygen atoms in total. The Morgan fingerprint density at radius 1 is 1.15 bits per heavy atom. The number of fused-ring (bicyclic) bond motifs is 1. The van der Waals surface area contributed by atoms with Gasteiger partial charge < -0.3 is 9.15 Å². The molecule has 1 heterocycles. The molecule has 5 heteroatoms. The van der Waals surface area contributed by atoms with Gasteiger partial charge in [-0.1, -0.05) is 34.1 Å². The smallest absolute Gasteiger partial charge is 0.417 e. The second kappa shape index (κ2) is 5.17. The van der Waals surface area contributed by atoms with Crippen LogP contribution in [-0.4, -0.2) is 12.1 Å². The number of aromatic amines is 1. The minimum atomic E-state index is -0.437. The van der Waals surface area contributed by atoms with Gasteiger partial charge >= 0.3 is 5.76 Å². The third-order valence-corrected chi connectivity index (χ3v) is 4.20. The van der Waals surface area contributed by atoms with Crippen molar-refractivity contribution in [3.63, 3.8) is 0 Å². The van der Waals surface area contributed by atoms with Crippen LogP contribution in [0.4, 0.5) is 0 Å². The first-order chi connectivity index (χ1) is 9.67. The van der Waals surface area contributed by atoms with Crippen molar-refractivity contribution in [3.8, 4) is 5.75 Å². The highest BCUT2D eigenvalue weighted by atomic mass is 79.9. The van der Waals surface area contributed by atoms with E-state index in [2.05, 4.69) is 20.9 Å². The van der Waals surface area contributed by atoms with Crippen LogP contribution in [0.2, 0.25) is 0 Å². The summed E-state index contributed by atoms with van der Waals surface area (Å²) < 4.78 is 10.2. The first-order valence-corrected chi connectivity index (χ1v) is 7.00. The molecule has 0 spiro atoms. The normalized spacial score (nSPS) is 12.5. The van der Waals surface area contributed by atoms with Gasteiger partial charge in [-0.3, -0.25) is 4.98 Å². The first kappa shape index (κ1) is 13.0. The van der Waals surface area contributed by atoms with Gasteiger partial charge in [0.2, 0.25) is 0 Å². The zero-order valence-corrected chi connectivity index (χ0v) is 12.3. The van der Waals surface area contributed by atoms with Gasteiger partial charge in [0.05, 0.1) is 17.5 Å². The summed E-state index contributed by atoms with van der Waals surface area (Å²) in [6, 6.07) is 13.5. The van der Waals surface area contributed by atoms with Gasteiger partial charge in [-0.2, -0.15) is 0 Å². The number of aromatic nitrogens is 1. The molecule has 0 radical (unpaired) electrons. The number of rotatable bonds is 3. The quantitative estimate of drug-likeness (QED) is 0.745. The molecule has 0 bridgehead atoms. The van der Waals surface area contributed by atoms with E-state index in [0.29, 0.717) is 11.1 Å². The number of ether oxygens (including phenoxy) is 1. The van der Waals surface area contributed by atoms with Crippen molar-refractivity contribution >= 4 is 27.0 Å². The minimum absolute atomic E-state index is 0.0259. The lowest BCUT2D eigenvalue weighted by Gasteiger charge is -2.11. The van der Waals surface area contributed by atoms with E-state index >= 15 is 0 Å². The van der Waals surface area contributed by atoms with Crippen LogP contribution in [-0.2, 0) is 0 Å². The molecule has 0 aliphatic rings. The molecule has 3 aromatic rings. The van der Waals surface area contributed by atoms with Crippen molar-refractivity contribution in [1.29, 1.82) is 0 Å². The van der Waals surface area contributed by atoms with E-state index < -0.39 is 5.76 Å². The lowest BCUT2D eigenvalue weighted by Crippen LogP contribution is -1.93. The van der Waals surface area contributed by atoms with E-state index in [1.165, 1.54) is 0 Å². The van der Waals surface area contributed by atoms with E-state index in [1.807, 2.05) is 42.5 Å². The number of hydrogen-bond acceptors (Lipinski definition) is 3. The molecular formula is C15H12BrNO3. The molecule has 0 saturated heterocycles. The van der Waals surface area contributed by atoms with Crippen LogP contribution >= 0.6 is 15.9 Å². The van der Waals surface area contributed by atoms with Crippen LogP contribution in [0.1, 0.15) is 16.0 Å². The fourth-order valence-electron chi connectivity index (χ4n) is 2.08. The molecular weight excluding hydrogens is 322 g/mol. The van der Waals surface area contributed by atoms with Crippen molar-refractivity contribution < 1.29 is 9.15 Å². The number of methoxy groups -OCH3 is 1. The molecule has 20 heavy (non-hydrogen) atoms. The van der Waals surface area contributed by atoms with E-state index in [4.69, 9.17) is 9.15 Å². The van der Waals surface area contributed by atoms with E-state index in [0.717, 1.165) is 16.9 Å². The van der Waals surface area contributed by atoms with Gasteiger partial charge in [0.1, 0.15) is 5.75 Å². The molecule has 0 amide bonds. The summed E-state index contributed by atoms with van der Waals surface area (Å²) in [6.07, 6.45) is 0. The predicted octanol–water partition coefficient (Wildman–Crippen LogP) is 3.61. The molecule has 1 unspecified atom stereocenters. The fourth-order valence-corrected chi connectivity index (χ4v) is 2.67. The largest absolute Gasteiger partial charge is 0.497 e. The molecule has 0 aliphatic carbocycles. The Labute approximate surface area is 123 Å². The molecule has 0 saturated carbocycles. The third kappa shape index (κ3) is 2.36. The van der Waals surface area contributed by atoms with Gasteiger partial charge in [0.25, 0.3) is 0 Å². The Morgan fingerprint density at radius 3 is 2.55 bits per heavy atom. The summed E-state index contributed by atoms with van der Waals surface area (Å²) in [6.45, 7) is 0. The lowest BCUT2D eigenvalue weighted by molar-refractivity contribution is 0.414. The second-order valence-electron chi connectivity index (χ2n) is 4.41. The Hall–Kier alpha value is -2.01. The zero-order valence-electron chi connectivity index (χ0n) is 10.7. The van der Waals surface area contributed by atoms with Crippen molar-refractivity contribution in [1.82, 2.24) is 4.98 Å². The van der Waals surface area contributed by atoms with Crippen molar-refractivity contribution in [3.05, 3.63) is 64.1 Å². The summed E-state index contributed by atoms with van der Waals surface area (Å²) in [5.41, 5.74) is 3.38. The van der Waals surface area contributed by atoms with Gasteiger partial charge in [0, 0.05) is 0 Å². The summed E-state index contributed by atoms with van der Waals surface area (Å²) >= 11 is 3.66. The standard InChI is InChI=1S/C15H12BrNO3/c1-19-11-5-2-9(3-6-11)14(16)10-4-7-12-13(8-10)20-15(18)17-12/h2-8,14H,1H3,(H,17,18). The van der Waals surface area contributed by atoms with Crippen LogP contribution in [0.5, 0.6) is 5.75 Å². The van der Waals surface area contributed by atoms with Gasteiger partial charge in [-0.15, -0.1) is 0 Å². The van der Waals surface area contributed by atoms with Crippen molar-refractivity contribution in [2.24, 2.45) is 0 Å². The lowest BCUT2D eigenvalue weighted by atomic mass is 10.0. The minimum Gasteiger partial charge on any atom is -0.497 e. The van der Waals surface area contributed by atoms with E-state index in [1.54, 1.807) is 7.11 Å². The average Bonchev–Trinajstić information content (AvgIpc) is 2.85. The summed E-state index contributed by atoms with van der Waals surface area (Å²) in [4.78, 5) is 13.8. The average molecular weight is 334 g/mol. The highest BCUT2D eigenvalue weighted by Crippen LogP contribution is 2.32. The number of alkyl halides is 1. The molecule has 1 N–H and O–H groups in total. The molecule has 0 aliphatic heterocycles. The Morgan fingerprint density at radius 2 is 1.85 bits per heavy atom. The Bertz CT molecular complexity index is 789. The topological polar surface area (TPSA) is 55.2 Å². The maximum atomic E-state index is 11.2. The predicted molar refractivity (Wildman–Crippen MR) is 80.6 cm³/mol. The van der Waals surface area contributed by atoms with Crippen LogP contribution in [0.3, 0.4) is 0 Å². The van der Waals surface area contributed by atoms with Crippen LogP contribution in [0.25, 0.3) is 11.1 Å². The Kier molecular flexibility index (Phi) is 3.36. The SMILES string of the molecule is COc1ccc(C(Br)c2ccc3[nH]c(=O)oc3c2)cc1. The number of oxazole rings is 1. The highest BCUT2D eigenvalue weighted by Gasteiger charge is 2.12. The van der Waals surface area contributed by atoms with Gasteiger partial charge in [-0.25, -0.2) is 4.79 Å². The van der Waals surface area contributed by atoms with E-state index in [9.17, 15) is 4.79 Å². The molecule has 2 aromatic carbocycles. The summed E-state index contributed by atoms with van der Waals surface area (Å²) in [5.74, 6) is 0.383. The molecule has 3 rings (SSSR count). The number of halogens is 1. The number of hydrogen-bond donors (Lipinski definition) is 1. The highest BCUT2D eigenvalue weighted by molar-refractivity contribution is 9.09. The van der Waals surface area contributed by atoms with Crippen molar-refractivity contribution in [2.45, 2.75) is 4.83 Å². The zero-order chi connectivity index (χ0) is 14.1. The second-order valence-corrected chi connectivity index (χ2v) is 5.32. The van der Waals surface area contributed by atoms with Gasteiger partial charge in [-0.05, 0) is 35.4 Å². The molecule has 1 atom stereocenters. The maximum absolute atomic E-state index is 11.2. The first-order valence-electron chi connectivity index (χ1n) is 6.08. The van der Waals surface area contributed by atoms with Crippen LogP contribution in [0.15, 0.2) is 51.7 Å². The van der Waals surface area contributed by atoms with Crippen molar-refractivity contribution in [2.75, 3.05) is 7.11 Å². The molecule has 1 aromatic heterocycles. The number of nitrogens with one attached hydrogen (secondary N) is 1. The Balaban J connectivity index is 1.97. The number of H-pyrrole nitrogens is 1. The van der Waals surface area contributed by atoms with Crippen LogP contribution < -0.4 is 10.5 Å². The summed E-state index contributed by atoms with van der Waals surface area (Å²) in [7, 11) is 1.64. The third-order valence-electron chi connectivity index (χ3n) is 3.15. The van der Waals surface area contributed by atoms with Crippen LogP contribution in [0, 0.1) is 0 Å². The maximum Gasteiger partial charge on any atom is 0.417 e. The fraction of sp³-hybridized carbons (Fsp3) is 0.133. The van der Waals surface area contributed by atoms with Gasteiger partial charge in [0.15, 0.2) is 5.58 Å². The molecule has 0 fully saturated rings. The monoisotopic (exact) mass is 333 g/mol. The molecule has 102 valence electrons. The van der Waals surface area contributed by atoms with E-state index in [-0.39, 0.29) is 4.83 Å². The number of benzene rings is 2. The summed E-state index contributed by atoms with van der Waals surface area (Å²) in [5, 5.41) is 0.